The fraction of sp³-hybridized carbons (Fsp3) is 0.545. The summed E-state index contributed by atoms with van der Waals surface area (Å²) in [5, 5.41) is 0. The van der Waals surface area contributed by atoms with Crippen LogP contribution in [-0.2, 0) is 10.0 Å². The first-order valence-corrected chi connectivity index (χ1v) is 6.99. The van der Waals surface area contributed by atoms with E-state index < -0.39 is 15.6 Å². The zero-order chi connectivity index (χ0) is 12.7. The quantitative estimate of drug-likeness (QED) is 0.838. The van der Waals surface area contributed by atoms with Gasteiger partial charge in [-0.3, -0.25) is 4.98 Å². The van der Waals surface area contributed by atoms with Crippen LogP contribution < -0.4 is 5.73 Å². The van der Waals surface area contributed by atoms with Crippen molar-refractivity contribution in [3.8, 4) is 0 Å². The van der Waals surface area contributed by atoms with Gasteiger partial charge in [-0.1, -0.05) is 0 Å². The fourth-order valence-electron chi connectivity index (χ4n) is 2.14. The highest BCUT2D eigenvalue weighted by Crippen LogP contribution is 2.32. The highest BCUT2D eigenvalue weighted by molar-refractivity contribution is 7.89. The van der Waals surface area contributed by atoms with Gasteiger partial charge in [-0.2, -0.15) is 4.31 Å². The largest absolute Gasteiger partial charge is 0.326 e. The number of nitrogens with zero attached hydrogens (tertiary/aromatic N) is 2. The molecule has 1 fully saturated rings. The van der Waals surface area contributed by atoms with Crippen LogP contribution in [0, 0.1) is 0 Å². The summed E-state index contributed by atoms with van der Waals surface area (Å²) in [5.74, 6) is 0. The lowest BCUT2D eigenvalue weighted by Crippen LogP contribution is -2.50. The predicted octanol–water partition coefficient (Wildman–Crippen LogP) is 0.582. The topological polar surface area (TPSA) is 76.3 Å². The molecule has 2 heterocycles. The molecule has 6 heteroatoms. The molecule has 0 radical (unpaired) electrons. The Morgan fingerprint density at radius 2 is 2.24 bits per heavy atom. The minimum atomic E-state index is -3.49. The van der Waals surface area contributed by atoms with Crippen molar-refractivity contribution in [2.75, 3.05) is 6.54 Å². The summed E-state index contributed by atoms with van der Waals surface area (Å²) in [7, 11) is -3.49. The number of hydrogen-bond donors (Lipinski definition) is 1. The van der Waals surface area contributed by atoms with E-state index >= 15 is 0 Å². The molecule has 2 N–H and O–H groups in total. The van der Waals surface area contributed by atoms with Crippen LogP contribution in [0.5, 0.6) is 0 Å². The molecule has 2 rings (SSSR count). The van der Waals surface area contributed by atoms with Crippen molar-refractivity contribution in [2.45, 2.75) is 36.7 Å². The Hall–Kier alpha value is -0.980. The van der Waals surface area contributed by atoms with E-state index in [1.165, 1.54) is 10.5 Å². The van der Waals surface area contributed by atoms with E-state index in [1.54, 1.807) is 18.3 Å². The molecule has 0 spiro atoms. The molecular formula is C11H17N3O2S. The lowest BCUT2D eigenvalue weighted by Gasteiger charge is -2.33. The Labute approximate surface area is 102 Å². The highest BCUT2D eigenvalue weighted by Gasteiger charge is 2.46. The normalized spacial score (nSPS) is 25.0. The summed E-state index contributed by atoms with van der Waals surface area (Å²) in [5.41, 5.74) is 5.41. The minimum Gasteiger partial charge on any atom is -0.326 e. The van der Waals surface area contributed by atoms with Crippen LogP contribution in [0.4, 0.5) is 0 Å². The van der Waals surface area contributed by atoms with Crippen LogP contribution in [0.3, 0.4) is 0 Å². The molecule has 0 saturated carbocycles. The van der Waals surface area contributed by atoms with Gasteiger partial charge in [0.2, 0.25) is 10.0 Å². The summed E-state index contributed by atoms with van der Waals surface area (Å²) < 4.78 is 26.3. The van der Waals surface area contributed by atoms with E-state index in [9.17, 15) is 8.42 Å². The van der Waals surface area contributed by atoms with Crippen LogP contribution in [0.2, 0.25) is 0 Å². The van der Waals surface area contributed by atoms with Crippen LogP contribution in [0.15, 0.2) is 29.4 Å². The predicted molar refractivity (Wildman–Crippen MR) is 64.8 cm³/mol. The van der Waals surface area contributed by atoms with E-state index in [2.05, 4.69) is 4.98 Å². The van der Waals surface area contributed by atoms with Gasteiger partial charge in [-0.05, 0) is 32.4 Å². The molecule has 1 saturated heterocycles. The van der Waals surface area contributed by atoms with Crippen molar-refractivity contribution in [3.63, 3.8) is 0 Å². The van der Waals surface area contributed by atoms with Crippen LogP contribution in [-0.4, -0.2) is 35.8 Å². The van der Waals surface area contributed by atoms with Gasteiger partial charge in [0.05, 0.1) is 0 Å². The number of hydrogen-bond acceptors (Lipinski definition) is 4. The Balaban J connectivity index is 2.42. The average molecular weight is 255 g/mol. The third-order valence-electron chi connectivity index (χ3n) is 3.42. The van der Waals surface area contributed by atoms with Crippen molar-refractivity contribution >= 4 is 10.0 Å². The molecule has 1 aliphatic heterocycles. The van der Waals surface area contributed by atoms with Crippen molar-refractivity contribution in [1.29, 1.82) is 0 Å². The summed E-state index contributed by atoms with van der Waals surface area (Å²) in [6.45, 7) is 4.18. The molecule has 1 aromatic heterocycles. The van der Waals surface area contributed by atoms with Gasteiger partial charge < -0.3 is 5.73 Å². The number of pyridine rings is 1. The van der Waals surface area contributed by atoms with Gasteiger partial charge in [-0.15, -0.1) is 0 Å². The second kappa shape index (κ2) is 4.04. The third-order valence-corrected chi connectivity index (χ3v) is 5.49. The molecule has 0 bridgehead atoms. The summed E-state index contributed by atoms with van der Waals surface area (Å²) in [6.07, 6.45) is 3.61. The first kappa shape index (κ1) is 12.5. The van der Waals surface area contributed by atoms with Crippen molar-refractivity contribution < 1.29 is 8.42 Å². The van der Waals surface area contributed by atoms with Gasteiger partial charge in [0, 0.05) is 30.5 Å². The summed E-state index contributed by atoms with van der Waals surface area (Å²) in [4.78, 5) is 4.08. The summed E-state index contributed by atoms with van der Waals surface area (Å²) in [6, 6.07) is 3.05. The molecule has 0 aliphatic carbocycles. The Morgan fingerprint density at radius 3 is 2.71 bits per heavy atom. The van der Waals surface area contributed by atoms with E-state index in [4.69, 9.17) is 5.73 Å². The molecule has 1 aliphatic rings. The molecule has 1 unspecified atom stereocenters. The van der Waals surface area contributed by atoms with Crippen molar-refractivity contribution in [1.82, 2.24) is 9.29 Å². The maximum Gasteiger partial charge on any atom is 0.245 e. The molecule has 5 nitrogen and oxygen atoms in total. The van der Waals surface area contributed by atoms with Crippen LogP contribution >= 0.6 is 0 Å². The smallest absolute Gasteiger partial charge is 0.245 e. The number of aromatic nitrogens is 1. The SMILES string of the molecule is CC1(C)C(N)CCN1S(=O)(=O)c1cccnc1. The van der Waals surface area contributed by atoms with E-state index in [0.29, 0.717) is 13.0 Å². The second-order valence-electron chi connectivity index (χ2n) is 4.81. The molecule has 0 amide bonds. The van der Waals surface area contributed by atoms with Crippen molar-refractivity contribution in [2.24, 2.45) is 5.73 Å². The van der Waals surface area contributed by atoms with E-state index in [1.807, 2.05) is 13.8 Å². The van der Waals surface area contributed by atoms with Crippen LogP contribution in [0.25, 0.3) is 0 Å². The zero-order valence-corrected chi connectivity index (χ0v) is 10.8. The monoisotopic (exact) mass is 255 g/mol. The number of sulfonamides is 1. The molecule has 17 heavy (non-hydrogen) atoms. The Kier molecular flexibility index (Phi) is 2.97. The van der Waals surface area contributed by atoms with Gasteiger partial charge in [0.1, 0.15) is 4.90 Å². The third kappa shape index (κ3) is 1.96. The molecule has 1 aromatic rings. The lowest BCUT2D eigenvalue weighted by atomic mass is 9.98. The first-order valence-electron chi connectivity index (χ1n) is 5.55. The summed E-state index contributed by atoms with van der Waals surface area (Å²) >= 11 is 0. The average Bonchev–Trinajstić information content (AvgIpc) is 2.55. The standard InChI is InChI=1S/C11H17N3O2S/c1-11(2)10(12)5-7-14(11)17(15,16)9-4-3-6-13-8-9/h3-4,6,8,10H,5,7,12H2,1-2H3. The fourth-order valence-corrected chi connectivity index (χ4v) is 3.94. The second-order valence-corrected chi connectivity index (χ2v) is 6.68. The lowest BCUT2D eigenvalue weighted by molar-refractivity contribution is 0.270. The number of rotatable bonds is 2. The Morgan fingerprint density at radius 1 is 1.53 bits per heavy atom. The van der Waals surface area contributed by atoms with E-state index in [-0.39, 0.29) is 10.9 Å². The highest BCUT2D eigenvalue weighted by atomic mass is 32.2. The molecule has 1 atom stereocenters. The number of nitrogens with two attached hydrogens (primary N) is 1. The first-order chi connectivity index (χ1) is 7.87. The van der Waals surface area contributed by atoms with Gasteiger partial charge >= 0.3 is 0 Å². The van der Waals surface area contributed by atoms with Crippen LogP contribution in [0.1, 0.15) is 20.3 Å². The van der Waals surface area contributed by atoms with Gasteiger partial charge in [0.25, 0.3) is 0 Å². The zero-order valence-electron chi connectivity index (χ0n) is 10.00. The van der Waals surface area contributed by atoms with Gasteiger partial charge in [-0.25, -0.2) is 8.42 Å². The van der Waals surface area contributed by atoms with Gasteiger partial charge in [0.15, 0.2) is 0 Å². The Bertz CT molecular complexity index is 499. The maximum atomic E-state index is 12.4. The van der Waals surface area contributed by atoms with Crippen molar-refractivity contribution in [3.05, 3.63) is 24.5 Å². The molecule has 94 valence electrons. The minimum absolute atomic E-state index is 0.131. The molecule has 0 aromatic carbocycles. The van der Waals surface area contributed by atoms with E-state index in [0.717, 1.165) is 0 Å². The maximum absolute atomic E-state index is 12.4. The molecular weight excluding hydrogens is 238 g/mol.